The largest absolute Gasteiger partial charge is 0.384 e. The van der Waals surface area contributed by atoms with Gasteiger partial charge >= 0.3 is 0 Å². The molecule has 0 aliphatic carbocycles. The lowest BCUT2D eigenvalue weighted by Crippen LogP contribution is -1.96. The van der Waals surface area contributed by atoms with Gasteiger partial charge in [-0.2, -0.15) is 5.10 Å². The van der Waals surface area contributed by atoms with Crippen LogP contribution in [-0.4, -0.2) is 28.3 Å². The van der Waals surface area contributed by atoms with E-state index in [4.69, 9.17) is 4.74 Å². The van der Waals surface area contributed by atoms with E-state index in [1.165, 1.54) is 0 Å². The molecule has 2 aromatic rings. The Kier molecular flexibility index (Phi) is 2.79. The molecule has 74 valence electrons. The van der Waals surface area contributed by atoms with Gasteiger partial charge in [-0.3, -0.25) is 0 Å². The van der Waals surface area contributed by atoms with Crippen LogP contribution in [-0.2, 0) is 11.2 Å². The molecule has 0 aliphatic rings. The molecule has 0 radical (unpaired) electrons. The third-order valence-electron chi connectivity index (χ3n) is 1.87. The van der Waals surface area contributed by atoms with Crippen LogP contribution in [0.4, 0.5) is 0 Å². The molecule has 0 atom stereocenters. The summed E-state index contributed by atoms with van der Waals surface area (Å²) in [5.41, 5.74) is 0.860. The van der Waals surface area contributed by atoms with Crippen LogP contribution in [0.3, 0.4) is 0 Å². The molecule has 0 saturated carbocycles. The molecule has 0 spiro atoms. The summed E-state index contributed by atoms with van der Waals surface area (Å²) >= 11 is 3.38. The van der Waals surface area contributed by atoms with Crippen LogP contribution in [0.2, 0.25) is 0 Å². The fourth-order valence-electron chi connectivity index (χ4n) is 1.20. The van der Waals surface area contributed by atoms with Gasteiger partial charge in [-0.25, -0.2) is 9.50 Å². The summed E-state index contributed by atoms with van der Waals surface area (Å²) in [5, 5.41) is 4.31. The Hall–Kier alpha value is -0.940. The Labute approximate surface area is 90.0 Å². The number of nitrogens with zero attached hydrogens (tertiary/aromatic N) is 3. The first-order valence-corrected chi connectivity index (χ1v) is 5.08. The van der Waals surface area contributed by atoms with Gasteiger partial charge in [0, 0.05) is 24.2 Å². The Morgan fingerprint density at radius 2 is 2.36 bits per heavy atom. The summed E-state index contributed by atoms with van der Waals surface area (Å²) in [6.07, 6.45) is 2.63. The summed E-state index contributed by atoms with van der Waals surface area (Å²) in [7, 11) is 1.67. The van der Waals surface area contributed by atoms with Crippen molar-refractivity contribution in [2.75, 3.05) is 13.7 Å². The molecule has 2 rings (SSSR count). The van der Waals surface area contributed by atoms with Crippen LogP contribution in [0.1, 0.15) is 5.82 Å². The van der Waals surface area contributed by atoms with E-state index in [2.05, 4.69) is 26.0 Å². The highest BCUT2D eigenvalue weighted by Crippen LogP contribution is 2.10. The van der Waals surface area contributed by atoms with Crippen LogP contribution >= 0.6 is 15.9 Å². The molecule has 0 unspecified atom stereocenters. The number of methoxy groups -OCH3 is 1. The maximum Gasteiger partial charge on any atom is 0.155 e. The number of pyridine rings is 1. The van der Waals surface area contributed by atoms with E-state index >= 15 is 0 Å². The average molecular weight is 256 g/mol. The van der Waals surface area contributed by atoms with Gasteiger partial charge in [0.15, 0.2) is 11.5 Å². The topological polar surface area (TPSA) is 39.4 Å². The standard InChI is InChI=1S/C9H10BrN3O/c1-14-5-4-8-11-9-3-2-7(10)6-13(9)12-8/h2-3,6H,4-5H2,1H3. The SMILES string of the molecule is COCCc1nc2ccc(Br)cn2n1. The number of rotatable bonds is 3. The van der Waals surface area contributed by atoms with Crippen LogP contribution in [0, 0.1) is 0 Å². The minimum absolute atomic E-state index is 0.651. The van der Waals surface area contributed by atoms with E-state index in [9.17, 15) is 0 Å². The molecule has 14 heavy (non-hydrogen) atoms. The van der Waals surface area contributed by atoms with E-state index in [0.29, 0.717) is 6.61 Å². The van der Waals surface area contributed by atoms with Gasteiger partial charge in [0.1, 0.15) is 0 Å². The monoisotopic (exact) mass is 255 g/mol. The fraction of sp³-hybridized carbons (Fsp3) is 0.333. The molecule has 0 bridgehead atoms. The van der Waals surface area contributed by atoms with Crippen molar-refractivity contribution >= 4 is 21.6 Å². The normalized spacial score (nSPS) is 11.0. The molecule has 0 saturated heterocycles. The zero-order chi connectivity index (χ0) is 9.97. The van der Waals surface area contributed by atoms with Crippen molar-refractivity contribution in [2.45, 2.75) is 6.42 Å². The van der Waals surface area contributed by atoms with E-state index in [1.807, 2.05) is 18.3 Å². The first-order chi connectivity index (χ1) is 6.79. The number of ether oxygens (including phenoxy) is 1. The summed E-state index contributed by atoms with van der Waals surface area (Å²) in [6, 6.07) is 3.87. The lowest BCUT2D eigenvalue weighted by atomic mass is 10.4. The Balaban J connectivity index is 2.32. The third kappa shape index (κ3) is 1.93. The summed E-state index contributed by atoms with van der Waals surface area (Å²) in [6.45, 7) is 0.651. The molecule has 0 aromatic carbocycles. The van der Waals surface area contributed by atoms with Crippen molar-refractivity contribution in [3.63, 3.8) is 0 Å². The van der Waals surface area contributed by atoms with Crippen molar-refractivity contribution in [1.82, 2.24) is 14.6 Å². The molecule has 5 heteroatoms. The maximum atomic E-state index is 4.97. The second-order valence-electron chi connectivity index (χ2n) is 2.92. The van der Waals surface area contributed by atoms with Gasteiger partial charge in [-0.05, 0) is 28.1 Å². The summed E-state index contributed by atoms with van der Waals surface area (Å²) < 4.78 is 7.72. The van der Waals surface area contributed by atoms with Crippen molar-refractivity contribution in [2.24, 2.45) is 0 Å². The fourth-order valence-corrected chi connectivity index (χ4v) is 1.53. The minimum Gasteiger partial charge on any atom is -0.384 e. The molecule has 2 aromatic heterocycles. The smallest absolute Gasteiger partial charge is 0.155 e. The third-order valence-corrected chi connectivity index (χ3v) is 2.34. The van der Waals surface area contributed by atoms with E-state index < -0.39 is 0 Å². The van der Waals surface area contributed by atoms with E-state index in [1.54, 1.807) is 11.6 Å². The van der Waals surface area contributed by atoms with Crippen LogP contribution in [0.15, 0.2) is 22.8 Å². The number of hydrogen-bond donors (Lipinski definition) is 0. The van der Waals surface area contributed by atoms with Crippen molar-refractivity contribution in [3.05, 3.63) is 28.6 Å². The van der Waals surface area contributed by atoms with Gasteiger partial charge in [-0.1, -0.05) is 0 Å². The van der Waals surface area contributed by atoms with Crippen molar-refractivity contribution < 1.29 is 4.74 Å². The summed E-state index contributed by atoms with van der Waals surface area (Å²) in [4.78, 5) is 4.34. The van der Waals surface area contributed by atoms with Crippen LogP contribution < -0.4 is 0 Å². The number of fused-ring (bicyclic) bond motifs is 1. The zero-order valence-electron chi connectivity index (χ0n) is 7.77. The maximum absolute atomic E-state index is 4.97. The lowest BCUT2D eigenvalue weighted by Gasteiger charge is -1.91. The van der Waals surface area contributed by atoms with Crippen molar-refractivity contribution in [3.8, 4) is 0 Å². The van der Waals surface area contributed by atoms with Crippen molar-refractivity contribution in [1.29, 1.82) is 0 Å². The van der Waals surface area contributed by atoms with Crippen LogP contribution in [0.5, 0.6) is 0 Å². The predicted molar refractivity (Wildman–Crippen MR) is 56.3 cm³/mol. The van der Waals surface area contributed by atoms with Gasteiger partial charge in [0.25, 0.3) is 0 Å². The molecule has 0 aliphatic heterocycles. The highest BCUT2D eigenvalue weighted by atomic mass is 79.9. The molecule has 0 fully saturated rings. The van der Waals surface area contributed by atoms with Gasteiger partial charge in [0.05, 0.1) is 6.61 Å². The Morgan fingerprint density at radius 1 is 1.50 bits per heavy atom. The Bertz CT molecular complexity index is 441. The quantitative estimate of drug-likeness (QED) is 0.838. The minimum atomic E-state index is 0.651. The van der Waals surface area contributed by atoms with Gasteiger partial charge < -0.3 is 4.74 Å². The average Bonchev–Trinajstić information content (AvgIpc) is 2.56. The molecule has 4 nitrogen and oxygen atoms in total. The zero-order valence-corrected chi connectivity index (χ0v) is 9.36. The Morgan fingerprint density at radius 3 is 3.14 bits per heavy atom. The van der Waals surface area contributed by atoms with E-state index in [-0.39, 0.29) is 0 Å². The molecular formula is C9H10BrN3O. The first-order valence-electron chi connectivity index (χ1n) is 4.29. The number of hydrogen-bond acceptors (Lipinski definition) is 3. The molecule has 0 N–H and O–H groups in total. The molecule has 0 amide bonds. The second-order valence-corrected chi connectivity index (χ2v) is 3.84. The highest BCUT2D eigenvalue weighted by molar-refractivity contribution is 9.10. The summed E-state index contributed by atoms with van der Waals surface area (Å²) in [5.74, 6) is 0.810. The highest BCUT2D eigenvalue weighted by Gasteiger charge is 2.02. The second kappa shape index (κ2) is 4.06. The van der Waals surface area contributed by atoms with Gasteiger partial charge in [0.2, 0.25) is 0 Å². The first kappa shape index (κ1) is 9.61. The number of halogens is 1. The number of aromatic nitrogens is 3. The molecule has 2 heterocycles. The van der Waals surface area contributed by atoms with E-state index in [0.717, 1.165) is 22.4 Å². The van der Waals surface area contributed by atoms with Gasteiger partial charge in [-0.15, -0.1) is 0 Å². The lowest BCUT2D eigenvalue weighted by molar-refractivity contribution is 0.200. The predicted octanol–water partition coefficient (Wildman–Crippen LogP) is 1.68. The molecular weight excluding hydrogens is 246 g/mol. The van der Waals surface area contributed by atoms with Crippen LogP contribution in [0.25, 0.3) is 5.65 Å².